The largest absolute Gasteiger partial charge is 0.396 e. The molecule has 0 saturated heterocycles. The molecule has 0 fully saturated rings. The third kappa shape index (κ3) is 6.78. The van der Waals surface area contributed by atoms with E-state index < -0.39 is 48.9 Å². The number of benzene rings is 2. The summed E-state index contributed by atoms with van der Waals surface area (Å²) in [5.41, 5.74) is 0.374. The van der Waals surface area contributed by atoms with Crippen molar-refractivity contribution in [3.05, 3.63) is 65.4 Å². The van der Waals surface area contributed by atoms with Crippen LogP contribution in [0.2, 0.25) is 5.02 Å². The fourth-order valence-electron chi connectivity index (χ4n) is 4.71. The number of halogens is 1. The zero-order valence-electron chi connectivity index (χ0n) is 22.6. The summed E-state index contributed by atoms with van der Waals surface area (Å²) in [7, 11) is 0. The quantitative estimate of drug-likeness (QED) is 0.297. The number of hydrogen-bond acceptors (Lipinski definition) is 8. The molecule has 1 aliphatic heterocycles. The van der Waals surface area contributed by atoms with E-state index in [1.54, 1.807) is 30.3 Å². The Morgan fingerprint density at radius 2 is 1.90 bits per heavy atom. The van der Waals surface area contributed by atoms with Gasteiger partial charge in [0.2, 0.25) is 11.8 Å². The second kappa shape index (κ2) is 13.3. The van der Waals surface area contributed by atoms with Crippen LogP contribution in [-0.2, 0) is 24.0 Å². The molecule has 0 bridgehead atoms. The van der Waals surface area contributed by atoms with Gasteiger partial charge in [0.25, 0.3) is 11.8 Å². The molecule has 0 unspecified atom stereocenters. The van der Waals surface area contributed by atoms with Gasteiger partial charge in [-0.2, -0.15) is 0 Å². The van der Waals surface area contributed by atoms with Crippen LogP contribution in [0, 0.1) is 0 Å². The van der Waals surface area contributed by atoms with Crippen molar-refractivity contribution in [3.63, 3.8) is 0 Å². The van der Waals surface area contributed by atoms with E-state index in [0.29, 0.717) is 11.7 Å². The molecule has 2 atom stereocenters. The Labute approximate surface area is 245 Å². The summed E-state index contributed by atoms with van der Waals surface area (Å²) in [5.74, 6) is -3.03. The molecular formula is C29H28ClN5O7. The second-order valence-electron chi connectivity index (χ2n) is 9.66. The van der Waals surface area contributed by atoms with E-state index in [4.69, 9.17) is 11.6 Å². The molecule has 2 aromatic carbocycles. The van der Waals surface area contributed by atoms with Crippen LogP contribution in [0.4, 0.5) is 11.4 Å². The molecule has 3 N–H and O–H groups in total. The Kier molecular flexibility index (Phi) is 9.60. The fraction of sp³-hybridized carbons (Fsp3) is 0.276. The number of aliphatic hydroxyl groups excluding tert-OH is 1. The van der Waals surface area contributed by atoms with Crippen molar-refractivity contribution in [2.45, 2.75) is 31.8 Å². The topological polar surface area (TPSA) is 166 Å². The number of Topliss-reactive ketones (excluding diaryl/α,β-unsaturated/α-hetero) is 1. The third-order valence-electron chi connectivity index (χ3n) is 6.59. The van der Waals surface area contributed by atoms with Crippen LogP contribution in [0.15, 0.2) is 54.7 Å². The molecule has 42 heavy (non-hydrogen) atoms. The fourth-order valence-corrected chi connectivity index (χ4v) is 4.88. The number of anilines is 2. The molecule has 13 heteroatoms. The predicted molar refractivity (Wildman–Crippen MR) is 154 cm³/mol. The normalized spacial score (nSPS) is 15.4. The van der Waals surface area contributed by atoms with E-state index in [1.165, 1.54) is 36.2 Å². The van der Waals surface area contributed by atoms with Crippen LogP contribution in [0.5, 0.6) is 0 Å². The van der Waals surface area contributed by atoms with Crippen LogP contribution in [-0.4, -0.2) is 77.6 Å². The summed E-state index contributed by atoms with van der Waals surface area (Å²) in [4.78, 5) is 83.0. The van der Waals surface area contributed by atoms with Gasteiger partial charge >= 0.3 is 0 Å². The van der Waals surface area contributed by atoms with Crippen LogP contribution in [0.25, 0.3) is 10.8 Å². The maximum absolute atomic E-state index is 14.0. The van der Waals surface area contributed by atoms with E-state index in [-0.39, 0.29) is 47.3 Å². The van der Waals surface area contributed by atoms with Gasteiger partial charge in [0.15, 0.2) is 0 Å². The average Bonchev–Trinajstić information content (AvgIpc) is 3.06. The van der Waals surface area contributed by atoms with Gasteiger partial charge in [0, 0.05) is 23.0 Å². The molecule has 3 aromatic rings. The molecule has 218 valence electrons. The van der Waals surface area contributed by atoms with E-state index in [9.17, 15) is 33.9 Å². The number of aromatic nitrogens is 1. The predicted octanol–water partition coefficient (Wildman–Crippen LogP) is 1.41. The summed E-state index contributed by atoms with van der Waals surface area (Å²) in [6.45, 7) is -0.125. The molecule has 0 radical (unpaired) electrons. The number of rotatable bonds is 10. The van der Waals surface area contributed by atoms with Crippen molar-refractivity contribution < 1.29 is 33.9 Å². The van der Waals surface area contributed by atoms with Crippen molar-refractivity contribution in [2.24, 2.45) is 0 Å². The number of amides is 4. The molecule has 2 heterocycles. The number of nitrogens with zero attached hydrogens (tertiary/aromatic N) is 3. The monoisotopic (exact) mass is 593 g/mol. The van der Waals surface area contributed by atoms with Crippen molar-refractivity contribution >= 4 is 69.4 Å². The second-order valence-corrected chi connectivity index (χ2v) is 10.1. The average molecular weight is 594 g/mol. The van der Waals surface area contributed by atoms with E-state index >= 15 is 0 Å². The van der Waals surface area contributed by atoms with E-state index in [2.05, 4.69) is 15.6 Å². The molecule has 0 spiro atoms. The van der Waals surface area contributed by atoms with Crippen LogP contribution in [0.1, 0.15) is 30.3 Å². The van der Waals surface area contributed by atoms with Gasteiger partial charge in [-0.15, -0.1) is 0 Å². The number of hydrogen-bond donors (Lipinski definition) is 3. The van der Waals surface area contributed by atoms with E-state index in [1.807, 2.05) is 0 Å². The first-order chi connectivity index (χ1) is 20.1. The molecule has 4 rings (SSSR count). The Balaban J connectivity index is 1.73. The Morgan fingerprint density at radius 1 is 1.14 bits per heavy atom. The first-order valence-corrected chi connectivity index (χ1v) is 13.4. The number of fused-ring (bicyclic) bond motifs is 2. The van der Waals surface area contributed by atoms with Crippen molar-refractivity contribution in [1.29, 1.82) is 0 Å². The third-order valence-corrected chi connectivity index (χ3v) is 6.82. The lowest BCUT2D eigenvalue weighted by molar-refractivity contribution is -0.127. The van der Waals surface area contributed by atoms with Crippen molar-refractivity contribution in [1.82, 2.24) is 15.6 Å². The van der Waals surface area contributed by atoms with Gasteiger partial charge in [0.1, 0.15) is 30.3 Å². The Hall–Kier alpha value is -4.68. The lowest BCUT2D eigenvalue weighted by Crippen LogP contribution is -2.55. The highest BCUT2D eigenvalue weighted by atomic mass is 35.5. The number of carbonyl (C=O) groups is 6. The van der Waals surface area contributed by atoms with Gasteiger partial charge in [0.05, 0.1) is 37.0 Å². The molecular weight excluding hydrogens is 566 g/mol. The standard InChI is InChI=1S/C29H28ClN5O7/c1-17(38)12-20(16-37)32-25(39)15-35-23-7-6-19(30)13-24(23)34(26(40)9-11-36)14-22(29(35)42)33-28(41)27-21-5-3-2-4-18(21)8-10-31-27/h2-8,10,13,16,20,22,36H,9,11-12,14-15H2,1H3,(H,32,39)(H,33,41)/t20-,22-/m0/s1. The maximum Gasteiger partial charge on any atom is 0.271 e. The highest BCUT2D eigenvalue weighted by molar-refractivity contribution is 6.31. The maximum atomic E-state index is 14.0. The minimum Gasteiger partial charge on any atom is -0.396 e. The first kappa shape index (κ1) is 30.3. The van der Waals surface area contributed by atoms with Gasteiger partial charge in [-0.25, -0.2) is 0 Å². The molecule has 0 saturated carbocycles. The number of nitrogens with one attached hydrogen (secondary N) is 2. The van der Waals surface area contributed by atoms with Crippen LogP contribution >= 0.6 is 11.6 Å². The lowest BCUT2D eigenvalue weighted by Gasteiger charge is -2.25. The number of aldehydes is 1. The first-order valence-electron chi connectivity index (χ1n) is 13.0. The highest BCUT2D eigenvalue weighted by Crippen LogP contribution is 2.36. The molecule has 12 nitrogen and oxygen atoms in total. The Morgan fingerprint density at radius 3 is 2.62 bits per heavy atom. The summed E-state index contributed by atoms with van der Waals surface area (Å²) < 4.78 is 0. The molecule has 0 aliphatic carbocycles. The minimum absolute atomic E-state index is 0.0568. The highest BCUT2D eigenvalue weighted by Gasteiger charge is 2.38. The van der Waals surface area contributed by atoms with Crippen LogP contribution in [0.3, 0.4) is 0 Å². The summed E-state index contributed by atoms with van der Waals surface area (Å²) in [6, 6.07) is 10.7. The molecule has 1 aromatic heterocycles. The Bertz CT molecular complexity index is 1560. The number of aliphatic hydroxyl groups is 1. The van der Waals surface area contributed by atoms with Crippen molar-refractivity contribution in [2.75, 3.05) is 29.5 Å². The smallest absolute Gasteiger partial charge is 0.271 e. The van der Waals surface area contributed by atoms with Crippen molar-refractivity contribution in [3.8, 4) is 0 Å². The minimum atomic E-state index is -1.35. The number of carbonyl (C=O) groups excluding carboxylic acids is 6. The number of ketones is 1. The summed E-state index contributed by atoms with van der Waals surface area (Å²) >= 11 is 6.24. The lowest BCUT2D eigenvalue weighted by atomic mass is 10.1. The van der Waals surface area contributed by atoms with Gasteiger partial charge < -0.3 is 25.4 Å². The van der Waals surface area contributed by atoms with Crippen LogP contribution < -0.4 is 20.4 Å². The SMILES string of the molecule is CC(=O)C[C@@H](C=O)NC(=O)CN1C(=O)[C@@H](NC(=O)c2nccc3ccccc23)CN(C(=O)CCO)c2cc(Cl)ccc21. The molecule has 1 aliphatic rings. The zero-order chi connectivity index (χ0) is 30.4. The van der Waals surface area contributed by atoms with Gasteiger partial charge in [-0.05, 0) is 36.6 Å². The molecule has 4 amide bonds. The number of pyridine rings is 1. The zero-order valence-corrected chi connectivity index (χ0v) is 23.3. The van der Waals surface area contributed by atoms with Gasteiger partial charge in [-0.1, -0.05) is 35.9 Å². The summed E-state index contributed by atoms with van der Waals surface area (Å²) in [6.07, 6.45) is 1.38. The van der Waals surface area contributed by atoms with Gasteiger partial charge in [-0.3, -0.25) is 33.9 Å². The van der Waals surface area contributed by atoms with E-state index in [0.717, 1.165) is 10.3 Å². The summed E-state index contributed by atoms with van der Waals surface area (Å²) in [5, 5.41) is 16.1.